The van der Waals surface area contributed by atoms with Gasteiger partial charge in [0.05, 0.1) is 18.0 Å². The molecule has 3 N–H and O–H groups in total. The molecule has 1 saturated heterocycles. The number of amides is 1. The van der Waals surface area contributed by atoms with E-state index in [-0.39, 0.29) is 29.8 Å². The Hall–Kier alpha value is -1.65. The van der Waals surface area contributed by atoms with E-state index in [1.807, 2.05) is 0 Å². The van der Waals surface area contributed by atoms with Crippen LogP contribution in [-0.4, -0.2) is 56.6 Å². The van der Waals surface area contributed by atoms with Gasteiger partial charge in [-0.25, -0.2) is 13.9 Å². The molecule has 0 spiro atoms. The van der Waals surface area contributed by atoms with Crippen LogP contribution in [0.1, 0.15) is 19.3 Å². The van der Waals surface area contributed by atoms with E-state index >= 15 is 0 Å². The highest BCUT2D eigenvalue weighted by atomic mass is 35.5. The maximum Gasteiger partial charge on any atom is 0.258 e. The van der Waals surface area contributed by atoms with Crippen molar-refractivity contribution in [3.05, 3.63) is 36.9 Å². The molecule has 1 amide bonds. The van der Waals surface area contributed by atoms with Gasteiger partial charge in [-0.3, -0.25) is 10.0 Å². The third kappa shape index (κ3) is 7.06. The number of hydrogen-bond donors (Lipinski definition) is 3. The van der Waals surface area contributed by atoms with Crippen LogP contribution in [0, 0.1) is 5.92 Å². The number of halogens is 1. The van der Waals surface area contributed by atoms with Crippen LogP contribution in [-0.2, 0) is 14.8 Å². The Morgan fingerprint density at radius 3 is 2.54 bits per heavy atom. The van der Waals surface area contributed by atoms with Crippen molar-refractivity contribution >= 4 is 28.3 Å². The smallest absolute Gasteiger partial charge is 0.258 e. The molecule has 0 unspecified atom stereocenters. The lowest BCUT2D eigenvalue weighted by molar-refractivity contribution is -0.129. The van der Waals surface area contributed by atoms with Gasteiger partial charge in [0.15, 0.2) is 0 Å². The molecule has 0 atom stereocenters. The van der Waals surface area contributed by atoms with Crippen LogP contribution in [0.25, 0.3) is 0 Å². The summed E-state index contributed by atoms with van der Waals surface area (Å²) >= 11 is 0. The highest BCUT2D eigenvalue weighted by molar-refractivity contribution is 7.89. The van der Waals surface area contributed by atoms with Crippen molar-refractivity contribution in [1.82, 2.24) is 15.1 Å². The van der Waals surface area contributed by atoms with Gasteiger partial charge in [-0.1, -0.05) is 6.08 Å². The number of nitrogens with zero attached hydrogens (tertiary/aromatic N) is 1. The summed E-state index contributed by atoms with van der Waals surface area (Å²) < 4.78 is 32.7. The van der Waals surface area contributed by atoms with Gasteiger partial charge < -0.3 is 10.1 Å². The van der Waals surface area contributed by atoms with Gasteiger partial charge in [0.2, 0.25) is 10.0 Å². The minimum absolute atomic E-state index is 0. The topological polar surface area (TPSA) is 108 Å². The fourth-order valence-corrected chi connectivity index (χ4v) is 4.38. The van der Waals surface area contributed by atoms with Gasteiger partial charge in [0, 0.05) is 6.54 Å². The van der Waals surface area contributed by atoms with E-state index in [4.69, 9.17) is 9.94 Å². The first-order valence-corrected chi connectivity index (χ1v) is 10.4. The van der Waals surface area contributed by atoms with Crippen LogP contribution >= 0.6 is 12.4 Å². The number of carbonyl (C=O) groups is 1. The maximum absolute atomic E-state index is 13.0. The van der Waals surface area contributed by atoms with Gasteiger partial charge in [-0.15, -0.1) is 19.0 Å². The summed E-state index contributed by atoms with van der Waals surface area (Å²) in [5, 5.41) is 12.0. The molecule has 1 aromatic rings. The summed E-state index contributed by atoms with van der Waals surface area (Å²) in [5.41, 5.74) is 1.51. The molecule has 1 fully saturated rings. The molecule has 28 heavy (non-hydrogen) atoms. The number of ether oxygens (including phenoxy) is 1. The molecular formula is C18H28ClN3O5S. The Bertz CT molecular complexity index is 721. The van der Waals surface area contributed by atoms with Gasteiger partial charge >= 0.3 is 0 Å². The van der Waals surface area contributed by atoms with Crippen LogP contribution in [0.5, 0.6) is 5.75 Å². The first kappa shape index (κ1) is 24.4. The Kier molecular flexibility index (Phi) is 10.5. The molecule has 0 radical (unpaired) electrons. The summed E-state index contributed by atoms with van der Waals surface area (Å²) in [6.07, 6.45) is 4.11. The Balaban J connectivity index is 0.00000392. The molecule has 10 heteroatoms. The molecular weight excluding hydrogens is 406 g/mol. The van der Waals surface area contributed by atoms with Crippen LogP contribution in [0.3, 0.4) is 0 Å². The summed E-state index contributed by atoms with van der Waals surface area (Å²) in [4.78, 5) is 11.7. The average molecular weight is 434 g/mol. The fourth-order valence-electron chi connectivity index (χ4n) is 2.91. The van der Waals surface area contributed by atoms with Crippen molar-refractivity contribution in [2.24, 2.45) is 5.92 Å². The summed E-state index contributed by atoms with van der Waals surface area (Å²) in [6, 6.07) is 6.10. The SMILES string of the molecule is C=CCCOc1ccc(S(=O)(=O)N(CC(=O)NO)CC2CCNCC2)cc1.Cl. The lowest BCUT2D eigenvalue weighted by Gasteiger charge is -2.29. The van der Waals surface area contributed by atoms with E-state index in [2.05, 4.69) is 11.9 Å². The first-order chi connectivity index (χ1) is 13.0. The van der Waals surface area contributed by atoms with Crippen molar-refractivity contribution in [1.29, 1.82) is 0 Å². The van der Waals surface area contributed by atoms with E-state index in [0.29, 0.717) is 18.8 Å². The standard InChI is InChI=1S/C18H27N3O5S.ClH/c1-2-3-12-26-16-4-6-17(7-5-16)27(24,25)21(14-18(22)20-23)13-15-8-10-19-11-9-15;/h2,4-7,15,19,23H,1,3,8-14H2,(H,20,22);1H. The minimum Gasteiger partial charge on any atom is -0.493 e. The molecule has 1 aromatic carbocycles. The normalized spacial score (nSPS) is 14.9. The second-order valence-electron chi connectivity index (χ2n) is 6.42. The number of rotatable bonds is 10. The first-order valence-electron chi connectivity index (χ1n) is 8.95. The zero-order valence-corrected chi connectivity index (χ0v) is 17.3. The van der Waals surface area contributed by atoms with Gasteiger partial charge in [0.25, 0.3) is 5.91 Å². The van der Waals surface area contributed by atoms with E-state index < -0.39 is 22.5 Å². The lowest BCUT2D eigenvalue weighted by atomic mass is 9.98. The second kappa shape index (κ2) is 12.0. The van der Waals surface area contributed by atoms with E-state index in [0.717, 1.165) is 30.2 Å². The maximum atomic E-state index is 13.0. The van der Waals surface area contributed by atoms with E-state index in [1.54, 1.807) is 18.2 Å². The second-order valence-corrected chi connectivity index (χ2v) is 8.36. The molecule has 1 aliphatic heterocycles. The Morgan fingerprint density at radius 2 is 1.96 bits per heavy atom. The van der Waals surface area contributed by atoms with Crippen molar-refractivity contribution in [2.75, 3.05) is 32.8 Å². The molecule has 0 aromatic heterocycles. The number of nitrogens with one attached hydrogen (secondary N) is 2. The van der Waals surface area contributed by atoms with Gasteiger partial charge in [-0.2, -0.15) is 4.31 Å². The molecule has 8 nitrogen and oxygen atoms in total. The van der Waals surface area contributed by atoms with Crippen molar-refractivity contribution in [3.8, 4) is 5.75 Å². The average Bonchev–Trinajstić information content (AvgIpc) is 2.68. The highest BCUT2D eigenvalue weighted by Crippen LogP contribution is 2.22. The monoisotopic (exact) mass is 433 g/mol. The number of benzene rings is 1. The lowest BCUT2D eigenvalue weighted by Crippen LogP contribution is -2.44. The van der Waals surface area contributed by atoms with Crippen LogP contribution in [0.15, 0.2) is 41.8 Å². The number of hydrogen-bond acceptors (Lipinski definition) is 6. The molecule has 0 aliphatic carbocycles. The molecule has 158 valence electrons. The predicted octanol–water partition coefficient (Wildman–Crippen LogP) is 1.56. The largest absolute Gasteiger partial charge is 0.493 e. The van der Waals surface area contributed by atoms with Crippen molar-refractivity contribution in [3.63, 3.8) is 0 Å². The Morgan fingerprint density at radius 1 is 1.32 bits per heavy atom. The van der Waals surface area contributed by atoms with Crippen LogP contribution in [0.2, 0.25) is 0 Å². The predicted molar refractivity (Wildman–Crippen MR) is 108 cm³/mol. The van der Waals surface area contributed by atoms with Crippen LogP contribution < -0.4 is 15.5 Å². The Labute approximate surface area is 172 Å². The molecule has 0 bridgehead atoms. The summed E-state index contributed by atoms with van der Waals surface area (Å²) in [5.74, 6) is -0.0419. The van der Waals surface area contributed by atoms with Crippen molar-refractivity contribution in [2.45, 2.75) is 24.2 Å². The molecule has 0 saturated carbocycles. The number of carbonyl (C=O) groups excluding carboxylic acids is 1. The molecule has 2 rings (SSSR count). The molecule has 1 aliphatic rings. The fraction of sp³-hybridized carbons (Fsp3) is 0.500. The number of hydroxylamine groups is 1. The van der Waals surface area contributed by atoms with Gasteiger partial charge in [-0.05, 0) is 62.5 Å². The summed E-state index contributed by atoms with van der Waals surface area (Å²) in [7, 11) is -3.88. The van der Waals surface area contributed by atoms with Gasteiger partial charge in [0.1, 0.15) is 5.75 Å². The number of piperidine rings is 1. The molecule has 1 heterocycles. The highest BCUT2D eigenvalue weighted by Gasteiger charge is 2.29. The third-order valence-corrected chi connectivity index (χ3v) is 6.24. The number of sulfonamides is 1. The van der Waals surface area contributed by atoms with E-state index in [1.165, 1.54) is 17.6 Å². The minimum atomic E-state index is -3.88. The van der Waals surface area contributed by atoms with Crippen molar-refractivity contribution < 1.29 is 23.2 Å². The summed E-state index contributed by atoms with van der Waals surface area (Å²) in [6.45, 7) is 5.53. The van der Waals surface area contributed by atoms with E-state index in [9.17, 15) is 13.2 Å². The quantitative estimate of drug-likeness (QED) is 0.224. The third-order valence-electron chi connectivity index (χ3n) is 4.42. The zero-order chi connectivity index (χ0) is 19.7. The zero-order valence-electron chi connectivity index (χ0n) is 15.7. The van der Waals surface area contributed by atoms with Crippen LogP contribution in [0.4, 0.5) is 0 Å².